The molecule has 0 fully saturated rings. The van der Waals surface area contributed by atoms with E-state index in [1.807, 2.05) is 19.9 Å². The van der Waals surface area contributed by atoms with Gasteiger partial charge >= 0.3 is 0 Å². The number of aromatic nitrogens is 2. The van der Waals surface area contributed by atoms with Crippen molar-refractivity contribution in [3.05, 3.63) is 28.4 Å². The number of halogens is 1. The van der Waals surface area contributed by atoms with Crippen LogP contribution >= 0.6 is 11.6 Å². The average molecular weight is 208 g/mol. The molecule has 2 heterocycles. The van der Waals surface area contributed by atoms with Gasteiger partial charge < -0.3 is 5.73 Å². The van der Waals surface area contributed by atoms with Crippen LogP contribution in [0.25, 0.3) is 11.0 Å². The number of anilines is 1. The van der Waals surface area contributed by atoms with Crippen molar-refractivity contribution >= 4 is 28.5 Å². The minimum atomic E-state index is 0.403. The predicted octanol–water partition coefficient (Wildman–Crippen LogP) is 2.48. The molecule has 0 atom stereocenters. The van der Waals surface area contributed by atoms with Gasteiger partial charge in [0.05, 0.1) is 5.02 Å². The summed E-state index contributed by atoms with van der Waals surface area (Å²) in [7, 11) is 0. The molecule has 0 saturated heterocycles. The Bertz CT molecular complexity index is 465. The summed E-state index contributed by atoms with van der Waals surface area (Å²) in [4.78, 5) is 8.42. The first-order valence-corrected chi connectivity index (χ1v) is 4.65. The van der Waals surface area contributed by atoms with Crippen LogP contribution in [0.5, 0.6) is 0 Å². The highest BCUT2D eigenvalue weighted by Crippen LogP contribution is 2.26. The molecule has 0 aliphatic heterocycles. The first kappa shape index (κ1) is 9.21. The van der Waals surface area contributed by atoms with Gasteiger partial charge in [0.2, 0.25) is 0 Å². The highest BCUT2D eigenvalue weighted by atomic mass is 35.5. The minimum Gasteiger partial charge on any atom is -0.384 e. The van der Waals surface area contributed by atoms with E-state index in [9.17, 15) is 0 Å². The van der Waals surface area contributed by atoms with Crippen LogP contribution in [-0.2, 0) is 0 Å². The normalized spacial score (nSPS) is 10.8. The molecule has 2 aromatic heterocycles. The third kappa shape index (κ3) is 1.40. The highest BCUT2D eigenvalue weighted by molar-refractivity contribution is 6.35. The van der Waals surface area contributed by atoms with Crippen molar-refractivity contribution in [1.29, 1.82) is 0 Å². The lowest BCUT2D eigenvalue weighted by molar-refractivity contribution is 1.19. The number of nitrogens with zero attached hydrogens (tertiary/aromatic N) is 2. The zero-order chi connectivity index (χ0) is 10.3. The zero-order valence-corrected chi connectivity index (χ0v) is 8.76. The Labute approximate surface area is 86.9 Å². The van der Waals surface area contributed by atoms with Gasteiger partial charge in [-0.25, -0.2) is 9.97 Å². The van der Waals surface area contributed by atoms with Crippen LogP contribution in [0.2, 0.25) is 5.02 Å². The van der Waals surface area contributed by atoms with E-state index in [1.165, 1.54) is 0 Å². The number of rotatable bonds is 0. The second-order valence-corrected chi connectivity index (χ2v) is 3.72. The molecule has 0 radical (unpaired) electrons. The van der Waals surface area contributed by atoms with Crippen molar-refractivity contribution in [3.63, 3.8) is 0 Å². The largest absolute Gasteiger partial charge is 0.384 e. The Morgan fingerprint density at radius 3 is 2.64 bits per heavy atom. The number of hydrogen-bond acceptors (Lipinski definition) is 3. The van der Waals surface area contributed by atoms with Crippen molar-refractivity contribution < 1.29 is 0 Å². The van der Waals surface area contributed by atoms with Gasteiger partial charge in [-0.15, -0.1) is 0 Å². The van der Waals surface area contributed by atoms with Crippen molar-refractivity contribution in [1.82, 2.24) is 9.97 Å². The maximum atomic E-state index is 6.06. The molecule has 0 aromatic carbocycles. The molecule has 2 N–H and O–H groups in total. The molecule has 0 saturated carbocycles. The van der Waals surface area contributed by atoms with Gasteiger partial charge in [0.15, 0.2) is 5.65 Å². The fourth-order valence-electron chi connectivity index (χ4n) is 1.55. The molecule has 0 aliphatic rings. The third-order valence-electron chi connectivity index (χ3n) is 2.07. The van der Waals surface area contributed by atoms with Gasteiger partial charge in [-0.2, -0.15) is 0 Å². The fourth-order valence-corrected chi connectivity index (χ4v) is 1.90. The number of nitrogen functional groups attached to an aromatic ring is 1. The fraction of sp³-hybridized carbons (Fsp3) is 0.200. The summed E-state index contributed by atoms with van der Waals surface area (Å²) in [5.74, 6) is 0.403. The van der Waals surface area contributed by atoms with Crippen LogP contribution in [0.3, 0.4) is 0 Å². The van der Waals surface area contributed by atoms with Crippen molar-refractivity contribution in [2.24, 2.45) is 0 Å². The molecule has 0 amide bonds. The maximum absolute atomic E-state index is 6.06. The number of pyridine rings is 2. The standard InChI is InChI=1S/C10H10ClN3/c1-5-3-6(2)13-10-9(5)7(11)4-8(12)14-10/h3-4H,1-2H3,(H2,12,13,14). The summed E-state index contributed by atoms with van der Waals surface area (Å²) < 4.78 is 0. The summed E-state index contributed by atoms with van der Waals surface area (Å²) in [5.41, 5.74) is 8.20. The third-order valence-corrected chi connectivity index (χ3v) is 2.37. The second kappa shape index (κ2) is 3.10. The Hall–Kier alpha value is -1.35. The van der Waals surface area contributed by atoms with Gasteiger partial charge in [-0.1, -0.05) is 11.6 Å². The molecule has 0 unspecified atom stereocenters. The molecule has 3 nitrogen and oxygen atoms in total. The first-order valence-electron chi connectivity index (χ1n) is 4.28. The van der Waals surface area contributed by atoms with Gasteiger partial charge in [0.25, 0.3) is 0 Å². The Balaban J connectivity index is 2.94. The average Bonchev–Trinajstić information content (AvgIpc) is 1.99. The lowest BCUT2D eigenvalue weighted by Crippen LogP contribution is -1.95. The Morgan fingerprint density at radius 2 is 1.93 bits per heavy atom. The van der Waals surface area contributed by atoms with Crippen LogP contribution in [0.15, 0.2) is 12.1 Å². The summed E-state index contributed by atoms with van der Waals surface area (Å²) in [6.07, 6.45) is 0. The summed E-state index contributed by atoms with van der Waals surface area (Å²) in [6, 6.07) is 3.62. The van der Waals surface area contributed by atoms with E-state index in [0.717, 1.165) is 16.6 Å². The number of hydrogen-bond donors (Lipinski definition) is 1. The lowest BCUT2D eigenvalue weighted by Gasteiger charge is -2.05. The summed E-state index contributed by atoms with van der Waals surface area (Å²) in [5, 5.41) is 1.49. The summed E-state index contributed by atoms with van der Waals surface area (Å²) in [6.45, 7) is 3.91. The monoisotopic (exact) mass is 207 g/mol. The Kier molecular flexibility index (Phi) is 2.04. The smallest absolute Gasteiger partial charge is 0.163 e. The predicted molar refractivity (Wildman–Crippen MR) is 58.4 cm³/mol. The highest BCUT2D eigenvalue weighted by Gasteiger charge is 2.07. The molecular weight excluding hydrogens is 198 g/mol. The quantitative estimate of drug-likeness (QED) is 0.722. The number of nitrogens with two attached hydrogens (primary N) is 1. The molecule has 72 valence electrons. The van der Waals surface area contributed by atoms with E-state index in [1.54, 1.807) is 6.07 Å². The van der Waals surface area contributed by atoms with Gasteiger partial charge in [-0.05, 0) is 31.5 Å². The SMILES string of the molecule is Cc1cc(C)c2c(Cl)cc(N)nc2n1. The van der Waals surface area contributed by atoms with Crippen molar-refractivity contribution in [2.75, 3.05) is 5.73 Å². The zero-order valence-electron chi connectivity index (χ0n) is 8.00. The van der Waals surface area contributed by atoms with Crippen LogP contribution in [-0.4, -0.2) is 9.97 Å². The molecule has 0 spiro atoms. The molecule has 0 aliphatic carbocycles. The van der Waals surface area contributed by atoms with Crippen molar-refractivity contribution in [3.8, 4) is 0 Å². The van der Waals surface area contributed by atoms with Gasteiger partial charge in [0.1, 0.15) is 5.82 Å². The van der Waals surface area contributed by atoms with Crippen LogP contribution in [0.4, 0.5) is 5.82 Å². The molecule has 14 heavy (non-hydrogen) atoms. The maximum Gasteiger partial charge on any atom is 0.163 e. The molecular formula is C10H10ClN3. The van der Waals surface area contributed by atoms with E-state index in [0.29, 0.717) is 16.5 Å². The lowest BCUT2D eigenvalue weighted by atomic mass is 10.1. The van der Waals surface area contributed by atoms with Gasteiger partial charge in [0, 0.05) is 11.1 Å². The number of aryl methyl sites for hydroxylation is 2. The van der Waals surface area contributed by atoms with E-state index >= 15 is 0 Å². The molecule has 2 aromatic rings. The Morgan fingerprint density at radius 1 is 1.21 bits per heavy atom. The van der Waals surface area contributed by atoms with E-state index in [-0.39, 0.29) is 0 Å². The second-order valence-electron chi connectivity index (χ2n) is 3.31. The van der Waals surface area contributed by atoms with Crippen LogP contribution in [0.1, 0.15) is 11.3 Å². The minimum absolute atomic E-state index is 0.403. The molecule has 4 heteroatoms. The summed E-state index contributed by atoms with van der Waals surface area (Å²) >= 11 is 6.06. The number of fused-ring (bicyclic) bond motifs is 1. The van der Waals surface area contributed by atoms with Gasteiger partial charge in [-0.3, -0.25) is 0 Å². The first-order chi connectivity index (χ1) is 6.58. The topological polar surface area (TPSA) is 51.8 Å². The molecule has 2 rings (SSSR count). The molecule has 0 bridgehead atoms. The van der Waals surface area contributed by atoms with Crippen molar-refractivity contribution in [2.45, 2.75) is 13.8 Å². The van der Waals surface area contributed by atoms with E-state index in [4.69, 9.17) is 17.3 Å². The van der Waals surface area contributed by atoms with E-state index in [2.05, 4.69) is 9.97 Å². The van der Waals surface area contributed by atoms with Crippen LogP contribution < -0.4 is 5.73 Å². The van der Waals surface area contributed by atoms with E-state index < -0.39 is 0 Å². The van der Waals surface area contributed by atoms with Crippen LogP contribution in [0, 0.1) is 13.8 Å².